The molecule has 0 unspecified atom stereocenters. The molecule has 0 saturated heterocycles. The van der Waals surface area contributed by atoms with Crippen LogP contribution in [0.5, 0.6) is 5.75 Å². The van der Waals surface area contributed by atoms with E-state index < -0.39 is 0 Å². The molecule has 0 atom stereocenters. The quantitative estimate of drug-likeness (QED) is 0.247. The fraction of sp³-hybridized carbons (Fsp3) is 0.370. The zero-order chi connectivity index (χ0) is 24.1. The normalized spacial score (nSPS) is 17.5. The van der Waals surface area contributed by atoms with E-state index in [1.54, 1.807) is 6.92 Å². The molecule has 0 radical (unpaired) electrons. The van der Waals surface area contributed by atoms with Gasteiger partial charge >= 0.3 is 0 Å². The number of carbonyl (C=O) groups excluding carboxylic acids is 1. The summed E-state index contributed by atoms with van der Waals surface area (Å²) in [4.78, 5) is 12.3. The lowest BCUT2D eigenvalue weighted by Crippen LogP contribution is -2.19. The maximum absolute atomic E-state index is 12.3. The number of phenolic OH excluding ortho intramolecular Hbond substituents is 1. The van der Waals surface area contributed by atoms with Crippen molar-refractivity contribution < 1.29 is 9.90 Å². The molecular weight excluding hydrogens is 441 g/mol. The van der Waals surface area contributed by atoms with Crippen molar-refractivity contribution in [3.63, 3.8) is 0 Å². The van der Waals surface area contributed by atoms with E-state index in [9.17, 15) is 9.90 Å². The highest BCUT2D eigenvalue weighted by Gasteiger charge is 2.26. The third kappa shape index (κ3) is 6.88. The van der Waals surface area contributed by atoms with Gasteiger partial charge in [-0.15, -0.1) is 0 Å². The number of carbonyl (C=O) groups is 1. The van der Waals surface area contributed by atoms with Gasteiger partial charge in [-0.3, -0.25) is 4.79 Å². The average molecular weight is 474 g/mol. The Morgan fingerprint density at radius 1 is 1.16 bits per heavy atom. The summed E-state index contributed by atoms with van der Waals surface area (Å²) < 4.78 is 0. The number of benzene rings is 1. The maximum atomic E-state index is 12.3. The molecule has 0 aromatic heterocycles. The number of phenols is 1. The molecule has 2 N–H and O–H groups in total. The van der Waals surface area contributed by atoms with Gasteiger partial charge in [0.15, 0.2) is 5.75 Å². The monoisotopic (exact) mass is 473 g/mol. The Kier molecular flexibility index (Phi) is 9.00. The number of allylic oxidation sites excluding steroid dienone is 9. The van der Waals surface area contributed by atoms with Crippen LogP contribution < -0.4 is 5.32 Å². The Labute approximate surface area is 202 Å². The van der Waals surface area contributed by atoms with Crippen molar-refractivity contribution >= 4 is 34.8 Å². The molecule has 3 nitrogen and oxygen atoms in total. The Morgan fingerprint density at radius 3 is 2.50 bits per heavy atom. The highest BCUT2D eigenvalue weighted by atomic mass is 35.5. The summed E-state index contributed by atoms with van der Waals surface area (Å²) in [7, 11) is 0. The second kappa shape index (κ2) is 11.1. The van der Waals surface area contributed by atoms with Crippen LogP contribution in [0, 0.1) is 12.3 Å². The van der Waals surface area contributed by atoms with E-state index in [4.69, 9.17) is 23.2 Å². The molecule has 1 aromatic carbocycles. The number of aromatic hydroxyl groups is 1. The number of rotatable bonds is 6. The first-order valence-electron chi connectivity index (χ1n) is 10.8. The third-order valence-corrected chi connectivity index (χ3v) is 6.67. The second-order valence-corrected chi connectivity index (χ2v) is 9.89. The van der Waals surface area contributed by atoms with Gasteiger partial charge in [0.05, 0.1) is 10.7 Å². The average Bonchev–Trinajstić information content (AvgIpc) is 2.69. The minimum absolute atomic E-state index is 0.129. The summed E-state index contributed by atoms with van der Waals surface area (Å²) in [5.41, 5.74) is 5.79. The van der Waals surface area contributed by atoms with Crippen molar-refractivity contribution in [2.24, 2.45) is 5.41 Å². The smallest absolute Gasteiger partial charge is 0.248 e. The maximum Gasteiger partial charge on any atom is 0.248 e. The standard InChI is InChI=1S/C27H33Cl2NO2/c1-17(12-13-21-19(3)11-8-14-27(21,5)6)9-7-10-18(2)15-24(31)30-23-16-22(28)20(4)25(29)26(23)32/h7,9-10,12-13,15-16,32H,8,11,14H2,1-6H3,(H,30,31). The van der Waals surface area contributed by atoms with E-state index in [0.717, 1.165) is 11.1 Å². The molecule has 1 aliphatic rings. The number of anilines is 1. The largest absolute Gasteiger partial charge is 0.504 e. The molecule has 1 aromatic rings. The first-order valence-corrected chi connectivity index (χ1v) is 11.6. The fourth-order valence-corrected chi connectivity index (χ4v) is 4.31. The highest BCUT2D eigenvalue weighted by Crippen LogP contribution is 2.41. The van der Waals surface area contributed by atoms with E-state index in [-0.39, 0.29) is 27.8 Å². The fourth-order valence-electron chi connectivity index (χ4n) is 3.86. The number of amides is 1. The van der Waals surface area contributed by atoms with Crippen LogP contribution in [0.15, 0.2) is 64.8 Å². The van der Waals surface area contributed by atoms with Gasteiger partial charge < -0.3 is 10.4 Å². The zero-order valence-corrected chi connectivity index (χ0v) is 21.3. The van der Waals surface area contributed by atoms with E-state index in [1.165, 1.54) is 42.6 Å². The number of hydrogen-bond donors (Lipinski definition) is 2. The molecule has 172 valence electrons. The van der Waals surface area contributed by atoms with Gasteiger partial charge in [0.1, 0.15) is 0 Å². The van der Waals surface area contributed by atoms with Crippen LogP contribution in [0.3, 0.4) is 0 Å². The molecular formula is C27H33Cl2NO2. The van der Waals surface area contributed by atoms with Crippen LogP contribution in [-0.4, -0.2) is 11.0 Å². The predicted molar refractivity (Wildman–Crippen MR) is 138 cm³/mol. The Morgan fingerprint density at radius 2 is 1.84 bits per heavy atom. The summed E-state index contributed by atoms with van der Waals surface area (Å²) in [5, 5.41) is 13.2. The molecule has 0 saturated carbocycles. The molecule has 1 aliphatic carbocycles. The number of halogens is 2. The minimum Gasteiger partial charge on any atom is -0.504 e. The minimum atomic E-state index is -0.374. The van der Waals surface area contributed by atoms with Gasteiger partial charge in [-0.1, -0.05) is 78.6 Å². The van der Waals surface area contributed by atoms with Gasteiger partial charge in [-0.05, 0) is 75.1 Å². The summed E-state index contributed by atoms with van der Waals surface area (Å²) in [5.74, 6) is -0.568. The van der Waals surface area contributed by atoms with Gasteiger partial charge in [0, 0.05) is 11.1 Å². The molecule has 5 heteroatoms. The zero-order valence-electron chi connectivity index (χ0n) is 19.8. The molecule has 0 spiro atoms. The Balaban J connectivity index is 2.04. The Hall–Kier alpha value is -2.23. The second-order valence-electron chi connectivity index (χ2n) is 9.11. The number of hydrogen-bond acceptors (Lipinski definition) is 2. The van der Waals surface area contributed by atoms with Crippen LogP contribution in [0.4, 0.5) is 5.69 Å². The summed E-state index contributed by atoms with van der Waals surface area (Å²) in [6.07, 6.45) is 15.3. The van der Waals surface area contributed by atoms with Gasteiger partial charge in [0.2, 0.25) is 5.91 Å². The number of nitrogens with one attached hydrogen (secondary N) is 1. The van der Waals surface area contributed by atoms with E-state index >= 15 is 0 Å². The van der Waals surface area contributed by atoms with Crippen molar-refractivity contribution in [2.75, 3.05) is 5.32 Å². The van der Waals surface area contributed by atoms with Crippen molar-refractivity contribution in [3.8, 4) is 5.75 Å². The van der Waals surface area contributed by atoms with Crippen LogP contribution >= 0.6 is 23.2 Å². The van der Waals surface area contributed by atoms with Gasteiger partial charge in [-0.25, -0.2) is 0 Å². The summed E-state index contributed by atoms with van der Waals surface area (Å²) in [6.45, 7) is 12.5. The molecule has 0 heterocycles. The Bertz CT molecular complexity index is 1040. The molecule has 32 heavy (non-hydrogen) atoms. The van der Waals surface area contributed by atoms with E-state index in [2.05, 4.69) is 45.2 Å². The predicted octanol–water partition coefficient (Wildman–Crippen LogP) is 8.48. The van der Waals surface area contributed by atoms with Crippen molar-refractivity contribution in [1.82, 2.24) is 0 Å². The van der Waals surface area contributed by atoms with Gasteiger partial charge in [-0.2, -0.15) is 0 Å². The first kappa shape index (κ1) is 26.0. The molecule has 0 fully saturated rings. The van der Waals surface area contributed by atoms with Gasteiger partial charge in [0.25, 0.3) is 0 Å². The van der Waals surface area contributed by atoms with E-state index in [1.807, 2.05) is 25.2 Å². The summed E-state index contributed by atoms with van der Waals surface area (Å²) >= 11 is 12.1. The lowest BCUT2D eigenvalue weighted by molar-refractivity contribution is -0.112. The van der Waals surface area contributed by atoms with Crippen LogP contribution in [-0.2, 0) is 4.79 Å². The molecule has 1 amide bonds. The lowest BCUT2D eigenvalue weighted by atomic mass is 9.72. The van der Waals surface area contributed by atoms with Crippen LogP contribution in [0.2, 0.25) is 10.0 Å². The SMILES string of the molecule is CC(C=CC1=C(C)CCCC1(C)C)=CC=CC(C)=CC(=O)Nc1cc(Cl)c(C)c(Cl)c1O. The molecule has 0 bridgehead atoms. The topological polar surface area (TPSA) is 49.3 Å². The summed E-state index contributed by atoms with van der Waals surface area (Å²) in [6, 6.07) is 1.48. The van der Waals surface area contributed by atoms with Crippen LogP contribution in [0.25, 0.3) is 0 Å². The highest BCUT2D eigenvalue weighted by molar-refractivity contribution is 6.37. The lowest BCUT2D eigenvalue weighted by Gasteiger charge is -2.32. The van der Waals surface area contributed by atoms with E-state index in [0.29, 0.717) is 10.6 Å². The van der Waals surface area contributed by atoms with Crippen molar-refractivity contribution in [2.45, 2.75) is 60.8 Å². The van der Waals surface area contributed by atoms with Crippen molar-refractivity contribution in [1.29, 1.82) is 0 Å². The molecule has 0 aliphatic heterocycles. The third-order valence-electron chi connectivity index (χ3n) is 5.81. The van der Waals surface area contributed by atoms with Crippen LogP contribution in [0.1, 0.15) is 59.4 Å². The molecule has 2 rings (SSSR count). The first-order chi connectivity index (χ1) is 14.9. The van der Waals surface area contributed by atoms with Crippen molar-refractivity contribution in [3.05, 3.63) is 80.4 Å².